The smallest absolute Gasteiger partial charge is 0.311 e. The Kier molecular flexibility index (Phi) is 3.54. The second kappa shape index (κ2) is 5.20. The molecule has 2 aliphatic rings. The van der Waals surface area contributed by atoms with Crippen LogP contribution in [0.1, 0.15) is 29.8 Å². The fraction of sp³-hybridized carbons (Fsp3) is 0.615. The van der Waals surface area contributed by atoms with Crippen molar-refractivity contribution < 1.29 is 14.3 Å². The molecule has 0 radical (unpaired) electrons. The number of amides is 1. The van der Waals surface area contributed by atoms with E-state index in [1.54, 1.807) is 0 Å². The molecule has 0 aromatic carbocycles. The van der Waals surface area contributed by atoms with Gasteiger partial charge in [-0.2, -0.15) is 5.10 Å². The van der Waals surface area contributed by atoms with Crippen LogP contribution in [0.2, 0.25) is 0 Å². The number of methoxy groups -OCH3 is 1. The Morgan fingerprint density at radius 2 is 2.20 bits per heavy atom. The van der Waals surface area contributed by atoms with E-state index in [0.29, 0.717) is 22.0 Å². The summed E-state index contributed by atoms with van der Waals surface area (Å²) in [7, 11) is 1.40. The van der Waals surface area contributed by atoms with E-state index in [9.17, 15) is 9.59 Å². The molecule has 3 rings (SSSR count). The Balaban J connectivity index is 1.77. The number of rotatable bonds is 3. The summed E-state index contributed by atoms with van der Waals surface area (Å²) in [6.45, 7) is 0. The second-order valence-corrected chi connectivity index (χ2v) is 6.33. The molecule has 1 heterocycles. The first-order valence-corrected chi connectivity index (χ1v) is 7.48. The lowest BCUT2D eigenvalue weighted by Crippen LogP contribution is -2.47. The molecule has 1 aromatic rings. The number of H-pyrrole nitrogens is 1. The van der Waals surface area contributed by atoms with Gasteiger partial charge in [-0.25, -0.2) is 0 Å². The van der Waals surface area contributed by atoms with Gasteiger partial charge in [0.05, 0.1) is 23.7 Å². The maximum Gasteiger partial charge on any atom is 0.311 e. The molecule has 0 saturated heterocycles. The number of nitrogens with one attached hydrogen (secondary N) is 2. The van der Waals surface area contributed by atoms with Gasteiger partial charge in [0.2, 0.25) is 0 Å². The summed E-state index contributed by atoms with van der Waals surface area (Å²) in [6.07, 6.45) is 4.64. The topological polar surface area (TPSA) is 84.1 Å². The largest absolute Gasteiger partial charge is 0.469 e. The molecule has 7 heteroatoms. The maximum absolute atomic E-state index is 12.3. The van der Waals surface area contributed by atoms with Crippen molar-refractivity contribution in [3.05, 3.63) is 16.4 Å². The molecule has 108 valence electrons. The van der Waals surface area contributed by atoms with Crippen LogP contribution in [0.15, 0.2) is 10.7 Å². The highest BCUT2D eigenvalue weighted by Gasteiger charge is 2.52. The summed E-state index contributed by atoms with van der Waals surface area (Å²) in [6, 6.07) is -0.135. The van der Waals surface area contributed by atoms with Crippen molar-refractivity contribution in [3.63, 3.8) is 0 Å². The van der Waals surface area contributed by atoms with Crippen LogP contribution in [0.3, 0.4) is 0 Å². The number of aromatic amines is 1. The Hall–Kier alpha value is -1.37. The summed E-state index contributed by atoms with van der Waals surface area (Å²) in [4.78, 5) is 24.2. The van der Waals surface area contributed by atoms with Gasteiger partial charge in [-0.1, -0.05) is 0 Å². The minimum atomic E-state index is -0.235. The number of nitrogens with zero attached hydrogens (tertiary/aromatic N) is 1. The van der Waals surface area contributed by atoms with Gasteiger partial charge < -0.3 is 10.1 Å². The Labute approximate surface area is 124 Å². The fourth-order valence-corrected chi connectivity index (χ4v) is 4.00. The van der Waals surface area contributed by atoms with Gasteiger partial charge in [-0.15, -0.1) is 0 Å². The van der Waals surface area contributed by atoms with E-state index in [1.165, 1.54) is 13.3 Å². The van der Waals surface area contributed by atoms with E-state index in [4.69, 9.17) is 4.74 Å². The molecule has 2 fully saturated rings. The van der Waals surface area contributed by atoms with Crippen LogP contribution in [0, 0.1) is 17.8 Å². The monoisotopic (exact) mass is 341 g/mol. The van der Waals surface area contributed by atoms with Crippen LogP contribution in [-0.4, -0.2) is 35.2 Å². The zero-order valence-electron chi connectivity index (χ0n) is 11.1. The van der Waals surface area contributed by atoms with Crippen molar-refractivity contribution in [2.24, 2.45) is 17.8 Å². The lowest BCUT2D eigenvalue weighted by Gasteiger charge is -2.29. The van der Waals surface area contributed by atoms with Crippen molar-refractivity contribution in [3.8, 4) is 0 Å². The number of carbonyl (C=O) groups excluding carboxylic acids is 2. The molecule has 0 unspecified atom stereocenters. The van der Waals surface area contributed by atoms with Crippen LogP contribution < -0.4 is 5.32 Å². The van der Waals surface area contributed by atoms with Gasteiger partial charge in [0, 0.05) is 6.04 Å². The summed E-state index contributed by atoms with van der Waals surface area (Å²) < 4.78 is 5.51. The van der Waals surface area contributed by atoms with E-state index < -0.39 is 0 Å². The summed E-state index contributed by atoms with van der Waals surface area (Å²) in [5.41, 5.74) is 0.386. The first-order chi connectivity index (χ1) is 9.61. The number of esters is 1. The minimum Gasteiger partial charge on any atom is -0.469 e. The van der Waals surface area contributed by atoms with Crippen LogP contribution in [-0.2, 0) is 9.53 Å². The third kappa shape index (κ3) is 2.13. The van der Waals surface area contributed by atoms with Crippen LogP contribution in [0.25, 0.3) is 0 Å². The first kappa shape index (κ1) is 13.6. The van der Waals surface area contributed by atoms with Gasteiger partial charge in [0.15, 0.2) is 0 Å². The van der Waals surface area contributed by atoms with Crippen molar-refractivity contribution >= 4 is 27.8 Å². The predicted molar refractivity (Wildman–Crippen MR) is 73.9 cm³/mol. The molecule has 2 aliphatic carbocycles. The third-order valence-corrected chi connectivity index (χ3v) is 5.11. The Morgan fingerprint density at radius 3 is 2.85 bits per heavy atom. The average molecular weight is 342 g/mol. The maximum atomic E-state index is 12.3. The average Bonchev–Trinajstić information content (AvgIpc) is 3.13. The lowest BCUT2D eigenvalue weighted by molar-refractivity contribution is -0.148. The highest BCUT2D eigenvalue weighted by Crippen LogP contribution is 2.49. The molecule has 0 spiro atoms. The summed E-state index contributed by atoms with van der Waals surface area (Å²) in [5, 5.41) is 9.45. The molecule has 2 saturated carbocycles. The molecule has 6 nitrogen and oxygen atoms in total. The predicted octanol–water partition coefficient (Wildman–Crippen LogP) is 1.49. The van der Waals surface area contributed by atoms with Gasteiger partial charge in [-0.05, 0) is 47.0 Å². The molecule has 20 heavy (non-hydrogen) atoms. The Bertz CT molecular complexity index is 545. The van der Waals surface area contributed by atoms with Gasteiger partial charge >= 0.3 is 5.97 Å². The number of hydrogen-bond acceptors (Lipinski definition) is 4. The molecule has 2 N–H and O–H groups in total. The standard InChI is InChI=1S/C13H16BrN3O3/c1-20-13(19)9-6-2-3-7(4-6)10(9)16-12(18)11-8(14)5-15-17-11/h5-7,9-10H,2-4H2,1H3,(H,15,17)(H,16,18)/t6-,7-,9-,10-/m0/s1. The second-order valence-electron chi connectivity index (χ2n) is 5.47. The Morgan fingerprint density at radius 1 is 1.45 bits per heavy atom. The highest BCUT2D eigenvalue weighted by atomic mass is 79.9. The molecular formula is C13H16BrN3O3. The molecular weight excluding hydrogens is 326 g/mol. The quantitative estimate of drug-likeness (QED) is 0.816. The molecule has 4 atom stereocenters. The van der Waals surface area contributed by atoms with Crippen molar-refractivity contribution in [1.29, 1.82) is 0 Å². The number of hydrogen-bond donors (Lipinski definition) is 2. The van der Waals surface area contributed by atoms with Gasteiger partial charge in [-0.3, -0.25) is 14.7 Å². The number of fused-ring (bicyclic) bond motifs is 2. The normalized spacial score (nSPS) is 31.3. The highest BCUT2D eigenvalue weighted by molar-refractivity contribution is 9.10. The van der Waals surface area contributed by atoms with Crippen LogP contribution in [0.4, 0.5) is 0 Å². The molecule has 1 amide bonds. The van der Waals surface area contributed by atoms with E-state index in [1.807, 2.05) is 0 Å². The van der Waals surface area contributed by atoms with Crippen molar-refractivity contribution in [1.82, 2.24) is 15.5 Å². The number of ether oxygens (including phenoxy) is 1. The first-order valence-electron chi connectivity index (χ1n) is 6.69. The van der Waals surface area contributed by atoms with Crippen molar-refractivity contribution in [2.75, 3.05) is 7.11 Å². The van der Waals surface area contributed by atoms with E-state index in [-0.39, 0.29) is 23.8 Å². The summed E-state index contributed by atoms with van der Waals surface area (Å²) in [5.74, 6) is 0.0362. The summed E-state index contributed by atoms with van der Waals surface area (Å²) >= 11 is 3.27. The molecule has 0 aliphatic heterocycles. The van der Waals surface area contributed by atoms with Gasteiger partial charge in [0.1, 0.15) is 5.69 Å². The molecule has 1 aromatic heterocycles. The zero-order chi connectivity index (χ0) is 14.3. The van der Waals surface area contributed by atoms with E-state index in [2.05, 4.69) is 31.4 Å². The zero-order valence-corrected chi connectivity index (χ0v) is 12.6. The number of aromatic nitrogens is 2. The third-order valence-electron chi connectivity index (χ3n) is 4.51. The lowest BCUT2D eigenvalue weighted by atomic mass is 9.84. The minimum absolute atomic E-state index is 0.135. The number of halogens is 1. The van der Waals surface area contributed by atoms with E-state index >= 15 is 0 Å². The number of carbonyl (C=O) groups is 2. The SMILES string of the molecule is COC(=O)[C@H]1[C@H]2CC[C@@H](C2)[C@@H]1NC(=O)c1[nH]ncc1Br. The van der Waals surface area contributed by atoms with Gasteiger partial charge in [0.25, 0.3) is 5.91 Å². The van der Waals surface area contributed by atoms with E-state index in [0.717, 1.165) is 19.3 Å². The fourth-order valence-electron chi connectivity index (χ4n) is 3.63. The molecule has 2 bridgehead atoms. The van der Waals surface area contributed by atoms with Crippen molar-refractivity contribution in [2.45, 2.75) is 25.3 Å². The van der Waals surface area contributed by atoms with Crippen LogP contribution in [0.5, 0.6) is 0 Å². The van der Waals surface area contributed by atoms with Crippen LogP contribution >= 0.6 is 15.9 Å².